The third kappa shape index (κ3) is 14.1. The van der Waals surface area contributed by atoms with Gasteiger partial charge in [-0.3, -0.25) is 0 Å². The second-order valence-electron chi connectivity index (χ2n) is 7.67. The number of unbranched alkanes of at least 4 members (excludes halogenated alkanes) is 2. The molecule has 0 fully saturated rings. The van der Waals surface area contributed by atoms with Crippen molar-refractivity contribution in [3.05, 3.63) is 33.6 Å². The van der Waals surface area contributed by atoms with Crippen LogP contribution in [0.15, 0.2) is 11.8 Å². The number of aryl methyl sites for hydroxylation is 2. The first-order valence-corrected chi connectivity index (χ1v) is 11.7. The van der Waals surface area contributed by atoms with Gasteiger partial charge < -0.3 is 5.32 Å². The summed E-state index contributed by atoms with van der Waals surface area (Å²) in [5.74, 6) is 0.955. The van der Waals surface area contributed by atoms with Crippen LogP contribution in [0.25, 0.3) is 12.2 Å². The molecular formula is C26H49N3. The Morgan fingerprint density at radius 2 is 1.52 bits per heavy atom. The zero-order valence-corrected chi connectivity index (χ0v) is 21.2. The lowest BCUT2D eigenvalue weighted by Gasteiger charge is -2.05. The third-order valence-electron chi connectivity index (χ3n) is 4.72. The van der Waals surface area contributed by atoms with Crippen molar-refractivity contribution in [1.29, 1.82) is 0 Å². The van der Waals surface area contributed by atoms with Gasteiger partial charge in [-0.2, -0.15) is 10.2 Å². The lowest BCUT2D eigenvalue weighted by molar-refractivity contribution is 0.482. The Kier molecular flexibility index (Phi) is 20.0. The molecule has 1 heterocycles. The summed E-state index contributed by atoms with van der Waals surface area (Å²) >= 11 is 0. The summed E-state index contributed by atoms with van der Waals surface area (Å²) in [6, 6.07) is 0. The van der Waals surface area contributed by atoms with Crippen LogP contribution in [0.4, 0.5) is 0 Å². The van der Waals surface area contributed by atoms with Crippen LogP contribution in [0.5, 0.6) is 0 Å². The molecule has 0 aliphatic heterocycles. The van der Waals surface area contributed by atoms with Gasteiger partial charge in [0.25, 0.3) is 0 Å². The van der Waals surface area contributed by atoms with Crippen molar-refractivity contribution in [1.82, 2.24) is 15.5 Å². The van der Waals surface area contributed by atoms with Gasteiger partial charge in [-0.15, -0.1) is 0 Å². The smallest absolute Gasteiger partial charge is 0.0679 e. The first-order valence-electron chi connectivity index (χ1n) is 11.7. The molecule has 1 aromatic rings. The lowest BCUT2D eigenvalue weighted by atomic mass is 10.0. The van der Waals surface area contributed by atoms with E-state index >= 15 is 0 Å². The standard InChI is InChI=1S/C14H21N3.C9H20.C3H8/c1-6-8-12(15-5)9-14-11(4)17-16-10(3)13(14)7-2;1-4-6-7-8-9(3)5-2;1-3-2/h7-9,15H,6H2,1-5H3;9H,4-8H2,1-3H3;3H2,1-2H3/b12-8-,13-7-,14-9-;;. The van der Waals surface area contributed by atoms with E-state index in [2.05, 4.69) is 75.3 Å². The molecule has 29 heavy (non-hydrogen) atoms. The minimum atomic E-state index is 0.955. The first kappa shape index (κ1) is 29.6. The number of allylic oxidation sites excluding steroid dienone is 2. The van der Waals surface area contributed by atoms with Gasteiger partial charge >= 0.3 is 0 Å². The predicted octanol–water partition coefficient (Wildman–Crippen LogP) is 6.22. The molecule has 1 aromatic heterocycles. The van der Waals surface area contributed by atoms with Crippen molar-refractivity contribution >= 4 is 12.2 Å². The summed E-state index contributed by atoms with van der Waals surface area (Å²) in [6.45, 7) is 19.3. The largest absolute Gasteiger partial charge is 0.388 e. The Hall–Kier alpha value is -1.64. The number of nitrogens with one attached hydrogen (secondary N) is 1. The molecule has 3 heteroatoms. The molecule has 1 unspecified atom stereocenters. The highest BCUT2D eigenvalue weighted by Crippen LogP contribution is 2.11. The van der Waals surface area contributed by atoms with Crippen molar-refractivity contribution in [3.63, 3.8) is 0 Å². The van der Waals surface area contributed by atoms with Crippen molar-refractivity contribution in [2.75, 3.05) is 7.05 Å². The quantitative estimate of drug-likeness (QED) is 0.524. The molecule has 0 aromatic carbocycles. The van der Waals surface area contributed by atoms with Crippen molar-refractivity contribution in [2.45, 2.75) is 107 Å². The Morgan fingerprint density at radius 1 is 0.966 bits per heavy atom. The van der Waals surface area contributed by atoms with E-state index in [9.17, 15) is 0 Å². The van der Waals surface area contributed by atoms with E-state index in [-0.39, 0.29) is 0 Å². The third-order valence-corrected chi connectivity index (χ3v) is 4.72. The van der Waals surface area contributed by atoms with E-state index in [1.54, 1.807) is 0 Å². The van der Waals surface area contributed by atoms with Crippen LogP contribution in [0, 0.1) is 19.8 Å². The number of aromatic nitrogens is 2. The van der Waals surface area contributed by atoms with E-state index < -0.39 is 0 Å². The Labute approximate surface area is 181 Å². The minimum Gasteiger partial charge on any atom is -0.388 e. The van der Waals surface area contributed by atoms with Gasteiger partial charge in [-0.1, -0.05) is 92.2 Å². The fourth-order valence-electron chi connectivity index (χ4n) is 2.75. The number of nitrogens with zero attached hydrogens (tertiary/aromatic N) is 2. The number of hydrogen-bond donors (Lipinski definition) is 1. The molecule has 0 saturated carbocycles. The van der Waals surface area contributed by atoms with E-state index in [0.717, 1.165) is 39.9 Å². The highest BCUT2D eigenvalue weighted by molar-refractivity contribution is 5.47. The molecule has 1 atom stereocenters. The van der Waals surface area contributed by atoms with E-state index in [0.29, 0.717) is 0 Å². The molecule has 168 valence electrons. The summed E-state index contributed by atoms with van der Waals surface area (Å²) in [5, 5.41) is 13.8. The van der Waals surface area contributed by atoms with Gasteiger partial charge in [0.15, 0.2) is 0 Å². The summed E-state index contributed by atoms with van der Waals surface area (Å²) in [7, 11) is 1.93. The molecule has 0 spiro atoms. The SMILES string of the molecule is C/C=c1/c(C)nnc(C)/c1=C/C(=C/CC)NC.CCC.CCCCCC(C)CC. The molecule has 1 N–H and O–H groups in total. The predicted molar refractivity (Wildman–Crippen MR) is 132 cm³/mol. The molecule has 0 radical (unpaired) electrons. The van der Waals surface area contributed by atoms with Gasteiger partial charge in [0.2, 0.25) is 0 Å². The second-order valence-corrected chi connectivity index (χ2v) is 7.67. The Bertz CT molecular complexity index is 659. The molecule has 0 aliphatic rings. The van der Waals surface area contributed by atoms with Crippen LogP contribution in [0.1, 0.15) is 105 Å². The molecule has 0 saturated heterocycles. The maximum Gasteiger partial charge on any atom is 0.0679 e. The van der Waals surface area contributed by atoms with Crippen molar-refractivity contribution < 1.29 is 0 Å². The molecule has 0 amide bonds. The van der Waals surface area contributed by atoms with Gasteiger partial charge in [0.05, 0.1) is 11.4 Å². The van der Waals surface area contributed by atoms with Crippen LogP contribution >= 0.6 is 0 Å². The summed E-state index contributed by atoms with van der Waals surface area (Å²) in [5.41, 5.74) is 3.04. The maximum absolute atomic E-state index is 4.18. The topological polar surface area (TPSA) is 37.8 Å². The summed E-state index contributed by atoms with van der Waals surface area (Å²) in [6.07, 6.45) is 15.6. The number of rotatable bonds is 8. The summed E-state index contributed by atoms with van der Waals surface area (Å²) in [4.78, 5) is 0. The van der Waals surface area contributed by atoms with E-state index in [4.69, 9.17) is 0 Å². The van der Waals surface area contributed by atoms with Crippen molar-refractivity contribution in [2.24, 2.45) is 5.92 Å². The van der Waals surface area contributed by atoms with Gasteiger partial charge in [-0.25, -0.2) is 0 Å². The Morgan fingerprint density at radius 3 is 1.93 bits per heavy atom. The Balaban J connectivity index is 0. The van der Waals surface area contributed by atoms with Gasteiger partial charge in [0, 0.05) is 23.2 Å². The molecule has 3 nitrogen and oxygen atoms in total. The average molecular weight is 404 g/mol. The van der Waals surface area contributed by atoms with Crippen LogP contribution in [-0.4, -0.2) is 17.2 Å². The highest BCUT2D eigenvalue weighted by Gasteiger charge is 1.99. The normalized spacial score (nSPS) is 13.2. The van der Waals surface area contributed by atoms with Crippen LogP contribution in [0.2, 0.25) is 0 Å². The minimum absolute atomic E-state index is 0.955. The monoisotopic (exact) mass is 403 g/mol. The fourth-order valence-corrected chi connectivity index (χ4v) is 2.75. The average Bonchev–Trinajstić information content (AvgIpc) is 2.71. The summed E-state index contributed by atoms with van der Waals surface area (Å²) < 4.78 is 0. The van der Waals surface area contributed by atoms with Crippen LogP contribution in [0.3, 0.4) is 0 Å². The molecular weight excluding hydrogens is 354 g/mol. The van der Waals surface area contributed by atoms with Crippen molar-refractivity contribution in [3.8, 4) is 0 Å². The zero-order chi connectivity index (χ0) is 22.7. The fraction of sp³-hybridized carbons (Fsp3) is 0.692. The maximum atomic E-state index is 4.18. The van der Waals surface area contributed by atoms with E-state index in [1.165, 1.54) is 38.5 Å². The molecule has 1 rings (SSSR count). The lowest BCUT2D eigenvalue weighted by Crippen LogP contribution is -2.33. The van der Waals surface area contributed by atoms with Gasteiger partial charge in [-0.05, 0) is 39.2 Å². The zero-order valence-electron chi connectivity index (χ0n) is 21.2. The molecule has 0 aliphatic carbocycles. The molecule has 0 bridgehead atoms. The highest BCUT2D eigenvalue weighted by atomic mass is 15.1. The number of hydrogen-bond acceptors (Lipinski definition) is 3. The van der Waals surface area contributed by atoms with Crippen LogP contribution < -0.4 is 15.8 Å². The first-order chi connectivity index (χ1) is 13.9. The van der Waals surface area contributed by atoms with E-state index in [1.807, 2.05) is 27.8 Å². The van der Waals surface area contributed by atoms with Crippen LogP contribution in [-0.2, 0) is 0 Å². The second kappa shape index (κ2) is 19.7. The van der Waals surface area contributed by atoms with Gasteiger partial charge in [0.1, 0.15) is 0 Å².